The highest BCUT2D eigenvalue weighted by Crippen LogP contribution is 2.19. The fraction of sp³-hybridized carbons (Fsp3) is 0.0526. The number of rotatable bonds is 3. The zero-order chi connectivity index (χ0) is 15.6. The lowest BCUT2D eigenvalue weighted by atomic mass is 10.2. The molecule has 0 spiro atoms. The summed E-state index contributed by atoms with van der Waals surface area (Å²) in [5.74, 6) is 0. The normalized spacial score (nSPS) is 10.8. The molecular formula is C19H16N4. The van der Waals surface area contributed by atoms with Gasteiger partial charge in [-0.2, -0.15) is 4.80 Å². The molecule has 0 bridgehead atoms. The third kappa shape index (κ3) is 2.79. The zero-order valence-electron chi connectivity index (χ0n) is 12.8. The molecule has 1 N–H and O–H groups in total. The molecule has 0 saturated carbocycles. The lowest BCUT2D eigenvalue weighted by molar-refractivity contribution is 0.766. The van der Waals surface area contributed by atoms with E-state index in [1.165, 1.54) is 5.56 Å². The second-order valence-corrected chi connectivity index (χ2v) is 5.52. The maximum Gasteiger partial charge on any atom is 0.113 e. The first-order valence-electron chi connectivity index (χ1n) is 7.54. The number of benzene rings is 3. The molecule has 1 aromatic heterocycles. The maximum absolute atomic E-state index is 4.49. The van der Waals surface area contributed by atoms with Gasteiger partial charge in [-0.3, -0.25) is 0 Å². The van der Waals surface area contributed by atoms with Crippen molar-refractivity contribution in [3.63, 3.8) is 0 Å². The van der Waals surface area contributed by atoms with Gasteiger partial charge in [0.05, 0.1) is 5.69 Å². The number of hydrogen-bond donors (Lipinski definition) is 1. The van der Waals surface area contributed by atoms with E-state index in [0.717, 1.165) is 28.1 Å². The molecule has 0 aliphatic heterocycles. The quantitative estimate of drug-likeness (QED) is 0.607. The molecule has 0 unspecified atom stereocenters. The molecule has 23 heavy (non-hydrogen) atoms. The third-order valence-electron chi connectivity index (χ3n) is 3.73. The van der Waals surface area contributed by atoms with Crippen LogP contribution >= 0.6 is 0 Å². The van der Waals surface area contributed by atoms with Crippen LogP contribution in [0.15, 0.2) is 72.8 Å². The van der Waals surface area contributed by atoms with Crippen LogP contribution in [-0.2, 0) is 0 Å². The topological polar surface area (TPSA) is 42.7 Å². The van der Waals surface area contributed by atoms with Gasteiger partial charge in [-0.25, -0.2) is 0 Å². The Morgan fingerprint density at radius 3 is 1.78 bits per heavy atom. The molecule has 3 aromatic carbocycles. The van der Waals surface area contributed by atoms with Gasteiger partial charge in [-0.05, 0) is 55.5 Å². The van der Waals surface area contributed by atoms with Gasteiger partial charge in [0.25, 0.3) is 0 Å². The van der Waals surface area contributed by atoms with Gasteiger partial charge in [-0.15, -0.1) is 10.2 Å². The maximum atomic E-state index is 4.49. The fourth-order valence-electron chi connectivity index (χ4n) is 2.46. The summed E-state index contributed by atoms with van der Waals surface area (Å²) in [4.78, 5) is 1.67. The van der Waals surface area contributed by atoms with Crippen LogP contribution in [0.5, 0.6) is 0 Å². The van der Waals surface area contributed by atoms with E-state index < -0.39 is 0 Å². The number of aromatic nitrogens is 3. The number of aryl methyl sites for hydroxylation is 1. The van der Waals surface area contributed by atoms with Gasteiger partial charge in [0, 0.05) is 11.4 Å². The molecule has 0 aliphatic carbocycles. The van der Waals surface area contributed by atoms with Crippen LogP contribution in [0.2, 0.25) is 0 Å². The van der Waals surface area contributed by atoms with Crippen molar-refractivity contribution < 1.29 is 0 Å². The molecule has 4 nitrogen and oxygen atoms in total. The lowest BCUT2D eigenvalue weighted by Crippen LogP contribution is -1.98. The molecular weight excluding hydrogens is 284 g/mol. The number of nitrogens with zero attached hydrogens (tertiary/aromatic N) is 3. The molecule has 4 rings (SSSR count). The van der Waals surface area contributed by atoms with Crippen molar-refractivity contribution in [1.29, 1.82) is 0 Å². The Bertz CT molecular complexity index is 904. The molecule has 1 heterocycles. The molecule has 0 amide bonds. The van der Waals surface area contributed by atoms with Crippen LogP contribution in [-0.4, -0.2) is 15.0 Å². The van der Waals surface area contributed by atoms with Gasteiger partial charge in [0.2, 0.25) is 0 Å². The first kappa shape index (κ1) is 13.5. The predicted molar refractivity (Wildman–Crippen MR) is 93.3 cm³/mol. The number of hydrogen-bond acceptors (Lipinski definition) is 3. The molecule has 4 aromatic rings. The molecule has 0 fully saturated rings. The van der Waals surface area contributed by atoms with Crippen LogP contribution in [0.25, 0.3) is 16.7 Å². The number of nitrogens with one attached hydrogen (secondary N) is 1. The van der Waals surface area contributed by atoms with E-state index in [-0.39, 0.29) is 0 Å². The standard InChI is InChI=1S/C19H16N4/c1-14-6-8-15(9-7-14)20-16-10-12-17(13-11-16)23-21-18-4-2-3-5-19(18)22-23/h2-13,20H,1H3. The van der Waals surface area contributed by atoms with Crippen LogP contribution < -0.4 is 5.32 Å². The molecule has 0 saturated heterocycles. The van der Waals surface area contributed by atoms with E-state index in [4.69, 9.17) is 0 Å². The fourth-order valence-corrected chi connectivity index (χ4v) is 2.46. The third-order valence-corrected chi connectivity index (χ3v) is 3.73. The average Bonchev–Trinajstić information content (AvgIpc) is 3.02. The SMILES string of the molecule is Cc1ccc(Nc2ccc(-n3nc4ccccc4n3)cc2)cc1. The van der Waals surface area contributed by atoms with Crippen molar-refractivity contribution in [1.82, 2.24) is 15.0 Å². The summed E-state index contributed by atoms with van der Waals surface area (Å²) in [6.07, 6.45) is 0. The van der Waals surface area contributed by atoms with Gasteiger partial charge in [-0.1, -0.05) is 29.8 Å². The second kappa shape index (κ2) is 5.57. The van der Waals surface area contributed by atoms with Gasteiger partial charge < -0.3 is 5.32 Å². The van der Waals surface area contributed by atoms with Crippen LogP contribution in [0.3, 0.4) is 0 Å². The Kier molecular flexibility index (Phi) is 3.27. The predicted octanol–water partition coefficient (Wildman–Crippen LogP) is 4.47. The highest BCUT2D eigenvalue weighted by Gasteiger charge is 2.03. The van der Waals surface area contributed by atoms with Crippen LogP contribution in [0.4, 0.5) is 11.4 Å². The van der Waals surface area contributed by atoms with Crippen molar-refractivity contribution in [3.8, 4) is 5.69 Å². The van der Waals surface area contributed by atoms with E-state index in [2.05, 4.69) is 46.7 Å². The molecule has 0 radical (unpaired) electrons. The summed E-state index contributed by atoms with van der Waals surface area (Å²) in [7, 11) is 0. The summed E-state index contributed by atoms with van der Waals surface area (Å²) in [5.41, 5.74) is 6.10. The van der Waals surface area contributed by atoms with E-state index in [1.807, 2.05) is 48.5 Å². The van der Waals surface area contributed by atoms with E-state index >= 15 is 0 Å². The van der Waals surface area contributed by atoms with Crippen molar-refractivity contribution in [3.05, 3.63) is 78.4 Å². The minimum Gasteiger partial charge on any atom is -0.356 e. The summed E-state index contributed by atoms with van der Waals surface area (Å²) in [6, 6.07) is 24.3. The Hall–Kier alpha value is -3.14. The summed E-state index contributed by atoms with van der Waals surface area (Å²) < 4.78 is 0. The Morgan fingerprint density at radius 1 is 0.696 bits per heavy atom. The van der Waals surface area contributed by atoms with Gasteiger partial charge in [0.15, 0.2) is 0 Å². The van der Waals surface area contributed by atoms with E-state index in [1.54, 1.807) is 4.80 Å². The Balaban J connectivity index is 1.58. The first-order chi connectivity index (χ1) is 11.3. The van der Waals surface area contributed by atoms with Crippen molar-refractivity contribution >= 4 is 22.4 Å². The van der Waals surface area contributed by atoms with E-state index in [0.29, 0.717) is 0 Å². The molecule has 0 aliphatic rings. The monoisotopic (exact) mass is 300 g/mol. The number of anilines is 2. The highest BCUT2D eigenvalue weighted by atomic mass is 15.5. The smallest absolute Gasteiger partial charge is 0.113 e. The van der Waals surface area contributed by atoms with Crippen LogP contribution in [0, 0.1) is 6.92 Å². The molecule has 0 atom stereocenters. The van der Waals surface area contributed by atoms with Crippen molar-refractivity contribution in [2.45, 2.75) is 6.92 Å². The molecule has 4 heteroatoms. The number of fused-ring (bicyclic) bond motifs is 1. The Morgan fingerprint density at radius 2 is 1.22 bits per heavy atom. The van der Waals surface area contributed by atoms with Crippen LogP contribution in [0.1, 0.15) is 5.56 Å². The van der Waals surface area contributed by atoms with Crippen molar-refractivity contribution in [2.75, 3.05) is 5.32 Å². The summed E-state index contributed by atoms with van der Waals surface area (Å²) >= 11 is 0. The largest absolute Gasteiger partial charge is 0.356 e. The average molecular weight is 300 g/mol. The molecule has 112 valence electrons. The highest BCUT2D eigenvalue weighted by molar-refractivity contribution is 5.73. The van der Waals surface area contributed by atoms with Gasteiger partial charge >= 0.3 is 0 Å². The van der Waals surface area contributed by atoms with Gasteiger partial charge in [0.1, 0.15) is 11.0 Å². The van der Waals surface area contributed by atoms with Crippen molar-refractivity contribution in [2.24, 2.45) is 0 Å². The summed E-state index contributed by atoms with van der Waals surface area (Å²) in [6.45, 7) is 2.08. The lowest BCUT2D eigenvalue weighted by Gasteiger charge is -2.07. The Labute approximate surface area is 134 Å². The summed E-state index contributed by atoms with van der Waals surface area (Å²) in [5, 5.41) is 12.4. The minimum absolute atomic E-state index is 0.898. The first-order valence-corrected chi connectivity index (χ1v) is 7.54. The second-order valence-electron chi connectivity index (χ2n) is 5.52. The minimum atomic E-state index is 0.898. The van der Waals surface area contributed by atoms with E-state index in [9.17, 15) is 0 Å². The zero-order valence-corrected chi connectivity index (χ0v) is 12.8.